The van der Waals surface area contributed by atoms with Crippen molar-refractivity contribution in [2.45, 2.75) is 6.42 Å². The van der Waals surface area contributed by atoms with E-state index in [2.05, 4.69) is 0 Å². The van der Waals surface area contributed by atoms with Gasteiger partial charge in [0.25, 0.3) is 0 Å². The third-order valence-corrected chi connectivity index (χ3v) is 3.68. The number of amides is 1. The zero-order chi connectivity index (χ0) is 14.2. The molecular weight excluding hydrogens is 270 g/mol. The van der Waals surface area contributed by atoms with Crippen molar-refractivity contribution in [3.8, 4) is 0 Å². The molecule has 0 radical (unpaired) electrons. The molecule has 0 bridgehead atoms. The standard InChI is InChI=1S/C12H13NO5S/c1-19(17,18)7-11(14)13-5-4-8-6-9(12(15)16)2-3-10(8)13/h2-3,6H,4-5,7H2,1H3,(H,15,16). The van der Waals surface area contributed by atoms with Crippen LogP contribution in [0.25, 0.3) is 0 Å². The highest BCUT2D eigenvalue weighted by molar-refractivity contribution is 7.91. The van der Waals surface area contributed by atoms with Crippen molar-refractivity contribution < 1.29 is 23.1 Å². The molecule has 0 fully saturated rings. The minimum atomic E-state index is -3.37. The third kappa shape index (κ3) is 2.93. The Hall–Kier alpha value is -1.89. The van der Waals surface area contributed by atoms with Crippen molar-refractivity contribution in [3.05, 3.63) is 29.3 Å². The molecule has 102 valence electrons. The highest BCUT2D eigenvalue weighted by Gasteiger charge is 2.27. The fourth-order valence-electron chi connectivity index (χ4n) is 2.10. The first-order chi connectivity index (χ1) is 8.78. The van der Waals surface area contributed by atoms with Crippen LogP contribution in [0.15, 0.2) is 18.2 Å². The monoisotopic (exact) mass is 283 g/mol. The molecule has 1 heterocycles. The molecule has 0 atom stereocenters. The fraction of sp³-hybridized carbons (Fsp3) is 0.333. The van der Waals surface area contributed by atoms with Gasteiger partial charge in [-0.25, -0.2) is 13.2 Å². The first-order valence-corrected chi connectivity index (χ1v) is 7.68. The van der Waals surface area contributed by atoms with Gasteiger partial charge in [0, 0.05) is 18.5 Å². The predicted octanol–water partition coefficient (Wildman–Crippen LogP) is 0.318. The number of benzene rings is 1. The SMILES string of the molecule is CS(=O)(=O)CC(=O)N1CCc2cc(C(=O)O)ccc21. The zero-order valence-electron chi connectivity index (χ0n) is 10.3. The van der Waals surface area contributed by atoms with E-state index in [-0.39, 0.29) is 5.56 Å². The normalized spacial score (nSPS) is 14.3. The molecule has 0 saturated carbocycles. The summed E-state index contributed by atoms with van der Waals surface area (Å²) in [5.74, 6) is -2.04. The lowest BCUT2D eigenvalue weighted by Gasteiger charge is -2.16. The van der Waals surface area contributed by atoms with Crippen molar-refractivity contribution in [2.24, 2.45) is 0 Å². The van der Waals surface area contributed by atoms with Gasteiger partial charge in [0.15, 0.2) is 9.84 Å². The van der Waals surface area contributed by atoms with Crippen molar-refractivity contribution >= 4 is 27.4 Å². The molecule has 1 aromatic rings. The van der Waals surface area contributed by atoms with Crippen LogP contribution in [-0.4, -0.2) is 44.0 Å². The molecule has 0 saturated heterocycles. The van der Waals surface area contributed by atoms with Gasteiger partial charge in [0.2, 0.25) is 5.91 Å². The Labute approximate surface area is 110 Å². The highest BCUT2D eigenvalue weighted by atomic mass is 32.2. The maximum absolute atomic E-state index is 11.9. The van der Waals surface area contributed by atoms with Crippen molar-refractivity contribution in [1.29, 1.82) is 0 Å². The van der Waals surface area contributed by atoms with Crippen LogP contribution in [0.3, 0.4) is 0 Å². The van der Waals surface area contributed by atoms with Gasteiger partial charge in [-0.15, -0.1) is 0 Å². The average Bonchev–Trinajstić information content (AvgIpc) is 2.68. The number of anilines is 1. The third-order valence-electron chi connectivity index (χ3n) is 2.91. The Morgan fingerprint density at radius 1 is 1.37 bits per heavy atom. The predicted molar refractivity (Wildman–Crippen MR) is 69.2 cm³/mol. The van der Waals surface area contributed by atoms with Crippen LogP contribution >= 0.6 is 0 Å². The second-order valence-corrected chi connectivity index (χ2v) is 6.65. The largest absolute Gasteiger partial charge is 0.478 e. The molecule has 0 aliphatic carbocycles. The molecule has 7 heteroatoms. The van der Waals surface area contributed by atoms with Gasteiger partial charge >= 0.3 is 5.97 Å². The molecule has 0 spiro atoms. The number of carbonyl (C=O) groups is 2. The summed E-state index contributed by atoms with van der Waals surface area (Å²) >= 11 is 0. The first kappa shape index (κ1) is 13.5. The van der Waals surface area contributed by atoms with E-state index in [1.165, 1.54) is 17.0 Å². The molecule has 19 heavy (non-hydrogen) atoms. The summed E-state index contributed by atoms with van der Waals surface area (Å²) in [7, 11) is -3.37. The van der Waals surface area contributed by atoms with E-state index < -0.39 is 27.5 Å². The van der Waals surface area contributed by atoms with E-state index in [0.29, 0.717) is 18.7 Å². The fourth-order valence-corrected chi connectivity index (χ4v) is 2.70. The second-order valence-electron chi connectivity index (χ2n) is 4.51. The van der Waals surface area contributed by atoms with E-state index in [4.69, 9.17) is 5.11 Å². The number of carboxylic acids is 1. The maximum atomic E-state index is 11.9. The molecule has 1 N–H and O–H groups in total. The summed E-state index contributed by atoms with van der Waals surface area (Å²) in [4.78, 5) is 24.1. The van der Waals surface area contributed by atoms with Crippen LogP contribution in [0.5, 0.6) is 0 Å². The first-order valence-electron chi connectivity index (χ1n) is 5.62. The van der Waals surface area contributed by atoms with Gasteiger partial charge in [0.05, 0.1) is 5.56 Å². The van der Waals surface area contributed by atoms with Gasteiger partial charge in [-0.05, 0) is 30.2 Å². The highest BCUT2D eigenvalue weighted by Crippen LogP contribution is 2.29. The van der Waals surface area contributed by atoms with Crippen LogP contribution in [0.2, 0.25) is 0 Å². The number of nitrogens with zero attached hydrogens (tertiary/aromatic N) is 1. The Morgan fingerprint density at radius 3 is 2.63 bits per heavy atom. The topological polar surface area (TPSA) is 91.8 Å². The van der Waals surface area contributed by atoms with Gasteiger partial charge in [-0.3, -0.25) is 4.79 Å². The second kappa shape index (κ2) is 4.65. The summed E-state index contributed by atoms with van der Waals surface area (Å²) in [6, 6.07) is 4.48. The van der Waals surface area contributed by atoms with E-state index in [0.717, 1.165) is 11.8 Å². The van der Waals surface area contributed by atoms with Crippen molar-refractivity contribution in [1.82, 2.24) is 0 Å². The molecule has 1 aliphatic rings. The molecule has 6 nitrogen and oxygen atoms in total. The summed E-state index contributed by atoms with van der Waals surface area (Å²) in [5, 5.41) is 8.88. The minimum absolute atomic E-state index is 0.163. The Kier molecular flexibility index (Phi) is 3.32. The van der Waals surface area contributed by atoms with Gasteiger partial charge in [-0.1, -0.05) is 0 Å². The summed E-state index contributed by atoms with van der Waals surface area (Å²) in [5.41, 5.74) is 1.51. The van der Waals surface area contributed by atoms with Crippen LogP contribution in [-0.2, 0) is 21.1 Å². The molecular formula is C12H13NO5S. The quantitative estimate of drug-likeness (QED) is 0.862. The van der Waals surface area contributed by atoms with E-state index in [1.807, 2.05) is 0 Å². The lowest BCUT2D eigenvalue weighted by Crippen LogP contribution is -2.34. The molecule has 1 amide bonds. The van der Waals surface area contributed by atoms with E-state index in [9.17, 15) is 18.0 Å². The molecule has 1 aromatic carbocycles. The number of sulfone groups is 1. The summed E-state index contributed by atoms with van der Waals surface area (Å²) < 4.78 is 22.3. The van der Waals surface area contributed by atoms with Gasteiger partial charge in [-0.2, -0.15) is 0 Å². The number of hydrogen-bond acceptors (Lipinski definition) is 4. The van der Waals surface area contributed by atoms with E-state index >= 15 is 0 Å². The molecule has 0 unspecified atom stereocenters. The number of fused-ring (bicyclic) bond motifs is 1. The average molecular weight is 283 g/mol. The molecule has 2 rings (SSSR count). The van der Waals surface area contributed by atoms with Crippen LogP contribution in [0.1, 0.15) is 15.9 Å². The number of carboxylic acid groups (broad SMARTS) is 1. The maximum Gasteiger partial charge on any atom is 0.335 e. The Balaban J connectivity index is 2.28. The summed E-state index contributed by atoms with van der Waals surface area (Å²) in [6.07, 6.45) is 1.54. The number of carbonyl (C=O) groups excluding carboxylic acids is 1. The minimum Gasteiger partial charge on any atom is -0.478 e. The van der Waals surface area contributed by atoms with Crippen LogP contribution in [0, 0.1) is 0 Å². The number of hydrogen-bond donors (Lipinski definition) is 1. The zero-order valence-corrected chi connectivity index (χ0v) is 11.1. The summed E-state index contributed by atoms with van der Waals surface area (Å²) in [6.45, 7) is 0.382. The van der Waals surface area contributed by atoms with E-state index in [1.54, 1.807) is 6.07 Å². The Bertz CT molecular complexity index is 650. The van der Waals surface area contributed by atoms with Crippen LogP contribution in [0.4, 0.5) is 5.69 Å². The van der Waals surface area contributed by atoms with Crippen molar-refractivity contribution in [2.75, 3.05) is 23.5 Å². The number of rotatable bonds is 3. The molecule has 1 aliphatic heterocycles. The lowest BCUT2D eigenvalue weighted by molar-refractivity contribution is -0.116. The van der Waals surface area contributed by atoms with Gasteiger partial charge < -0.3 is 10.0 Å². The van der Waals surface area contributed by atoms with Gasteiger partial charge in [0.1, 0.15) is 5.75 Å². The number of aromatic carboxylic acids is 1. The molecule has 0 aromatic heterocycles. The van der Waals surface area contributed by atoms with Crippen LogP contribution < -0.4 is 4.90 Å². The Morgan fingerprint density at radius 2 is 2.05 bits per heavy atom. The van der Waals surface area contributed by atoms with Crippen molar-refractivity contribution in [3.63, 3.8) is 0 Å². The lowest BCUT2D eigenvalue weighted by atomic mass is 10.1. The smallest absolute Gasteiger partial charge is 0.335 e.